The van der Waals surface area contributed by atoms with Gasteiger partial charge in [-0.25, -0.2) is 0 Å². The van der Waals surface area contributed by atoms with Crippen LogP contribution >= 0.6 is 15.9 Å². The Balaban J connectivity index is 1.90. The molecule has 2 aromatic rings. The highest BCUT2D eigenvalue weighted by molar-refractivity contribution is 9.10. The Bertz CT molecular complexity index is 562. The lowest BCUT2D eigenvalue weighted by Gasteiger charge is -2.13. The van der Waals surface area contributed by atoms with Crippen LogP contribution in [0.15, 0.2) is 33.2 Å². The number of hydrogen-bond donors (Lipinski definition) is 1. The molecule has 21 heavy (non-hydrogen) atoms. The van der Waals surface area contributed by atoms with Gasteiger partial charge >= 0.3 is 0 Å². The van der Waals surface area contributed by atoms with E-state index in [0.29, 0.717) is 31.5 Å². The lowest BCUT2D eigenvalue weighted by atomic mass is 10.2. The maximum absolute atomic E-state index is 5.64. The van der Waals surface area contributed by atoms with Gasteiger partial charge in [0.25, 0.3) is 0 Å². The summed E-state index contributed by atoms with van der Waals surface area (Å²) in [5.74, 6) is 1.03. The van der Waals surface area contributed by atoms with Crippen molar-refractivity contribution in [1.29, 1.82) is 0 Å². The predicted octanol–water partition coefficient (Wildman–Crippen LogP) is 2.25. The molecule has 0 amide bonds. The van der Waals surface area contributed by atoms with Crippen LogP contribution in [0, 0.1) is 0 Å². The molecule has 0 aliphatic rings. The summed E-state index contributed by atoms with van der Waals surface area (Å²) in [6, 6.07) is 7.73. The minimum absolute atomic E-state index is 0.000611. The first kappa shape index (κ1) is 16.1. The van der Waals surface area contributed by atoms with Gasteiger partial charge in [0.2, 0.25) is 11.8 Å². The summed E-state index contributed by atoms with van der Waals surface area (Å²) < 4.78 is 16.9. The Kier molecular flexibility index (Phi) is 6.31. The van der Waals surface area contributed by atoms with E-state index in [4.69, 9.17) is 13.9 Å². The summed E-state index contributed by atoms with van der Waals surface area (Å²) in [5.41, 5.74) is 0.880. The van der Waals surface area contributed by atoms with Crippen LogP contribution in [0.2, 0.25) is 0 Å². The lowest BCUT2D eigenvalue weighted by Crippen LogP contribution is -2.31. The van der Waals surface area contributed by atoms with Gasteiger partial charge < -0.3 is 19.2 Å². The monoisotopic (exact) mass is 355 g/mol. The maximum Gasteiger partial charge on any atom is 0.248 e. The molecule has 114 valence electrons. The van der Waals surface area contributed by atoms with Crippen molar-refractivity contribution in [3.63, 3.8) is 0 Å². The number of hydrogen-bond acceptors (Lipinski definition) is 6. The van der Waals surface area contributed by atoms with Crippen LogP contribution in [-0.2, 0) is 16.0 Å². The first-order valence-electron chi connectivity index (χ1n) is 6.54. The number of ether oxygens (including phenoxy) is 2. The van der Waals surface area contributed by atoms with E-state index in [0.717, 1.165) is 10.0 Å². The average Bonchev–Trinajstić information content (AvgIpc) is 2.95. The highest BCUT2D eigenvalue weighted by Gasteiger charge is 2.12. The molecule has 0 aliphatic heterocycles. The van der Waals surface area contributed by atoms with Gasteiger partial charge in [0.05, 0.1) is 24.8 Å². The molecule has 0 radical (unpaired) electrons. The summed E-state index contributed by atoms with van der Waals surface area (Å²) in [4.78, 5) is 0. The van der Waals surface area contributed by atoms with Gasteiger partial charge in [-0.1, -0.05) is 12.1 Å². The van der Waals surface area contributed by atoms with Crippen molar-refractivity contribution < 1.29 is 13.9 Å². The van der Waals surface area contributed by atoms with Gasteiger partial charge in [-0.2, -0.15) is 0 Å². The van der Waals surface area contributed by atoms with Crippen molar-refractivity contribution >= 4 is 15.9 Å². The number of nitrogens with zero attached hydrogens (tertiary/aromatic N) is 2. The zero-order valence-electron chi connectivity index (χ0n) is 12.0. The fourth-order valence-electron chi connectivity index (χ4n) is 1.80. The molecular formula is C14H18BrN3O3. The molecule has 2 rings (SSSR count). The van der Waals surface area contributed by atoms with Crippen LogP contribution in [0.5, 0.6) is 0 Å². The number of rotatable bonds is 8. The molecule has 1 heterocycles. The summed E-state index contributed by atoms with van der Waals surface area (Å²) in [6.07, 6.45) is 0.000611. The van der Waals surface area contributed by atoms with E-state index in [-0.39, 0.29) is 6.10 Å². The van der Waals surface area contributed by atoms with Crippen molar-refractivity contribution in [2.24, 2.45) is 0 Å². The number of halogens is 1. The van der Waals surface area contributed by atoms with E-state index in [2.05, 4.69) is 31.4 Å². The second kappa shape index (κ2) is 8.23. The quantitative estimate of drug-likeness (QED) is 0.783. The molecular weight excluding hydrogens is 338 g/mol. The van der Waals surface area contributed by atoms with Crippen molar-refractivity contribution in [1.82, 2.24) is 15.5 Å². The zero-order valence-corrected chi connectivity index (χ0v) is 13.6. The Hall–Kier alpha value is -1.28. The first-order valence-corrected chi connectivity index (χ1v) is 7.33. The molecule has 0 aliphatic carbocycles. The van der Waals surface area contributed by atoms with E-state index in [1.165, 1.54) is 0 Å². The van der Waals surface area contributed by atoms with Crippen LogP contribution in [0.4, 0.5) is 0 Å². The van der Waals surface area contributed by atoms with E-state index in [1.54, 1.807) is 14.2 Å². The fourth-order valence-corrected chi connectivity index (χ4v) is 2.26. The average molecular weight is 356 g/mol. The molecule has 0 saturated heterocycles. The zero-order chi connectivity index (χ0) is 15.1. The Morgan fingerprint density at radius 2 is 2.10 bits per heavy atom. The SMILES string of the molecule is COCC(CNCc1nnc(-c2ccccc2Br)o1)OC. The second-order valence-corrected chi connectivity index (χ2v) is 5.28. The highest BCUT2D eigenvalue weighted by atomic mass is 79.9. The van der Waals surface area contributed by atoms with Crippen LogP contribution in [-0.4, -0.2) is 43.7 Å². The Morgan fingerprint density at radius 1 is 1.29 bits per heavy atom. The minimum atomic E-state index is 0.000611. The number of nitrogens with one attached hydrogen (secondary N) is 1. The van der Waals surface area contributed by atoms with Gasteiger partial charge in [-0.3, -0.25) is 0 Å². The van der Waals surface area contributed by atoms with E-state index in [1.807, 2.05) is 24.3 Å². The van der Waals surface area contributed by atoms with Gasteiger partial charge in [0.15, 0.2) is 0 Å². The van der Waals surface area contributed by atoms with Gasteiger partial charge in [-0.05, 0) is 28.1 Å². The third-order valence-corrected chi connectivity index (χ3v) is 3.60. The largest absolute Gasteiger partial charge is 0.419 e. The van der Waals surface area contributed by atoms with E-state index >= 15 is 0 Å². The molecule has 6 nitrogen and oxygen atoms in total. The van der Waals surface area contributed by atoms with Crippen LogP contribution in [0.1, 0.15) is 5.89 Å². The number of aromatic nitrogens is 2. The smallest absolute Gasteiger partial charge is 0.248 e. The van der Waals surface area contributed by atoms with E-state index in [9.17, 15) is 0 Å². The molecule has 7 heteroatoms. The Morgan fingerprint density at radius 3 is 2.81 bits per heavy atom. The molecule has 0 bridgehead atoms. The second-order valence-electron chi connectivity index (χ2n) is 4.42. The van der Waals surface area contributed by atoms with Crippen molar-refractivity contribution in [3.8, 4) is 11.5 Å². The van der Waals surface area contributed by atoms with Crippen LogP contribution in [0.3, 0.4) is 0 Å². The normalized spacial score (nSPS) is 12.5. The Labute approximate surface area is 132 Å². The molecule has 1 aromatic heterocycles. The highest BCUT2D eigenvalue weighted by Crippen LogP contribution is 2.26. The van der Waals surface area contributed by atoms with Crippen molar-refractivity contribution in [2.75, 3.05) is 27.4 Å². The number of methoxy groups -OCH3 is 2. The van der Waals surface area contributed by atoms with Gasteiger partial charge in [0, 0.05) is 25.2 Å². The van der Waals surface area contributed by atoms with E-state index < -0.39 is 0 Å². The minimum Gasteiger partial charge on any atom is -0.419 e. The molecule has 0 spiro atoms. The van der Waals surface area contributed by atoms with Gasteiger partial charge in [-0.15, -0.1) is 10.2 Å². The molecule has 1 atom stereocenters. The summed E-state index contributed by atoms with van der Waals surface area (Å²) >= 11 is 3.47. The third kappa shape index (κ3) is 4.60. The molecule has 1 N–H and O–H groups in total. The van der Waals surface area contributed by atoms with Crippen molar-refractivity contribution in [3.05, 3.63) is 34.6 Å². The maximum atomic E-state index is 5.64. The standard InChI is InChI=1S/C14H18BrN3O3/c1-19-9-10(20-2)7-16-8-13-17-18-14(21-13)11-5-3-4-6-12(11)15/h3-6,10,16H,7-9H2,1-2H3. The van der Waals surface area contributed by atoms with Crippen molar-refractivity contribution in [2.45, 2.75) is 12.6 Å². The predicted molar refractivity (Wildman–Crippen MR) is 81.8 cm³/mol. The molecule has 0 saturated carbocycles. The first-order chi connectivity index (χ1) is 10.2. The molecule has 1 aromatic carbocycles. The molecule has 1 unspecified atom stereocenters. The summed E-state index contributed by atoms with van der Waals surface area (Å²) in [6.45, 7) is 1.67. The summed E-state index contributed by atoms with van der Waals surface area (Å²) in [5, 5.41) is 11.3. The lowest BCUT2D eigenvalue weighted by molar-refractivity contribution is 0.0285. The summed E-state index contributed by atoms with van der Waals surface area (Å²) in [7, 11) is 3.30. The van der Waals surface area contributed by atoms with Crippen LogP contribution < -0.4 is 5.32 Å². The molecule has 0 fully saturated rings. The van der Waals surface area contributed by atoms with Crippen LogP contribution in [0.25, 0.3) is 11.5 Å². The third-order valence-electron chi connectivity index (χ3n) is 2.91. The number of benzene rings is 1. The topological polar surface area (TPSA) is 69.4 Å². The fraction of sp³-hybridized carbons (Fsp3) is 0.429. The van der Waals surface area contributed by atoms with Gasteiger partial charge in [0.1, 0.15) is 0 Å².